The van der Waals surface area contributed by atoms with Gasteiger partial charge in [-0.15, -0.1) is 0 Å². The highest BCUT2D eigenvalue weighted by Crippen LogP contribution is 2.34. The molecule has 0 atom stereocenters. The van der Waals surface area contributed by atoms with Crippen LogP contribution in [0.3, 0.4) is 0 Å². The molecule has 1 N–H and O–H groups in total. The van der Waals surface area contributed by atoms with Gasteiger partial charge in [-0.25, -0.2) is 4.98 Å². The van der Waals surface area contributed by atoms with Crippen LogP contribution in [0.15, 0.2) is 106 Å². The first-order valence-corrected chi connectivity index (χ1v) is 14.6. The molecule has 0 amide bonds. The minimum atomic E-state index is 0.0269. The van der Waals surface area contributed by atoms with Crippen LogP contribution in [0.1, 0.15) is 46.1 Å². The van der Waals surface area contributed by atoms with Crippen LogP contribution in [0.25, 0.3) is 28.1 Å². The van der Waals surface area contributed by atoms with Gasteiger partial charge < -0.3 is 9.88 Å². The van der Waals surface area contributed by atoms with Crippen LogP contribution in [0.4, 0.5) is 0 Å². The molecule has 198 valence electrons. The highest BCUT2D eigenvalue weighted by Gasteiger charge is 2.37. The van der Waals surface area contributed by atoms with Crippen LogP contribution in [0.2, 0.25) is 0 Å². The average Bonchev–Trinajstić information content (AvgIpc) is 2.87. The predicted octanol–water partition coefficient (Wildman–Crippen LogP) is 7.80. The second-order valence-corrected chi connectivity index (χ2v) is 13.2. The van der Waals surface area contributed by atoms with Gasteiger partial charge in [0, 0.05) is 26.6 Å². The lowest BCUT2D eigenvalue weighted by atomic mass is 9.80. The van der Waals surface area contributed by atoms with E-state index in [1.165, 1.54) is 10.5 Å². The van der Waals surface area contributed by atoms with E-state index in [-0.39, 0.29) is 17.1 Å². The number of piperidine rings is 1. The summed E-state index contributed by atoms with van der Waals surface area (Å²) in [6.45, 7) is 11.3. The Morgan fingerprint density at radius 1 is 0.846 bits per heavy atom. The first kappa shape index (κ1) is 25.8. The normalized spacial score (nSPS) is 17.6. The SMILES string of the molecule is Cc1ccc2c(c1)nc1cc(Sc3ccccc3)c(=NC3CC(C)(C)NC(C)(C)C3)cc-1n2-c1ccccc1. The van der Waals surface area contributed by atoms with Crippen molar-refractivity contribution in [1.82, 2.24) is 14.9 Å². The molecule has 0 aromatic heterocycles. The summed E-state index contributed by atoms with van der Waals surface area (Å²) in [6.07, 6.45) is 2.00. The Morgan fingerprint density at radius 3 is 2.21 bits per heavy atom. The topological polar surface area (TPSA) is 42.2 Å². The molecule has 1 fully saturated rings. The molecular formula is C34H36N4S. The van der Waals surface area contributed by atoms with E-state index in [1.54, 1.807) is 11.8 Å². The number of aryl methyl sites for hydroxylation is 1. The van der Waals surface area contributed by atoms with Crippen LogP contribution >= 0.6 is 11.8 Å². The van der Waals surface area contributed by atoms with Crippen molar-refractivity contribution in [3.63, 3.8) is 0 Å². The van der Waals surface area contributed by atoms with Crippen LogP contribution in [0, 0.1) is 6.92 Å². The summed E-state index contributed by atoms with van der Waals surface area (Å²) in [5.74, 6) is 0. The Hall–Kier alpha value is -3.41. The molecule has 0 spiro atoms. The van der Waals surface area contributed by atoms with E-state index in [1.807, 2.05) is 0 Å². The molecule has 0 saturated carbocycles. The number of para-hydroxylation sites is 1. The van der Waals surface area contributed by atoms with Gasteiger partial charge in [0.05, 0.1) is 33.8 Å². The predicted molar refractivity (Wildman–Crippen MR) is 163 cm³/mol. The Labute approximate surface area is 235 Å². The molecule has 3 aromatic carbocycles. The lowest BCUT2D eigenvalue weighted by molar-refractivity contribution is 0.163. The summed E-state index contributed by atoms with van der Waals surface area (Å²) >= 11 is 1.77. The maximum atomic E-state index is 5.48. The monoisotopic (exact) mass is 532 g/mol. The summed E-state index contributed by atoms with van der Waals surface area (Å²) in [6, 6.07) is 32.4. The van der Waals surface area contributed by atoms with Gasteiger partial charge in [0.1, 0.15) is 0 Å². The van der Waals surface area contributed by atoms with Crippen LogP contribution < -0.4 is 10.7 Å². The van der Waals surface area contributed by atoms with E-state index in [2.05, 4.69) is 135 Å². The fraction of sp³-hybridized carbons (Fsp3) is 0.294. The molecule has 39 heavy (non-hydrogen) atoms. The molecule has 0 unspecified atom stereocenters. The van der Waals surface area contributed by atoms with Crippen LogP contribution in [-0.2, 0) is 0 Å². The Kier molecular flexibility index (Phi) is 6.60. The van der Waals surface area contributed by atoms with Crippen molar-refractivity contribution in [2.24, 2.45) is 4.99 Å². The first-order valence-electron chi connectivity index (χ1n) is 13.7. The largest absolute Gasteiger partial charge is 0.307 e. The number of fused-ring (bicyclic) bond motifs is 2. The lowest BCUT2D eigenvalue weighted by Crippen LogP contribution is -2.59. The molecule has 0 radical (unpaired) electrons. The van der Waals surface area contributed by atoms with Crippen molar-refractivity contribution in [3.8, 4) is 17.1 Å². The molecule has 6 rings (SSSR count). The van der Waals surface area contributed by atoms with Gasteiger partial charge in [-0.3, -0.25) is 4.99 Å². The fourth-order valence-electron chi connectivity index (χ4n) is 6.20. The number of hydrogen-bond donors (Lipinski definition) is 1. The fourth-order valence-corrected chi connectivity index (χ4v) is 7.13. The van der Waals surface area contributed by atoms with Gasteiger partial charge in [-0.1, -0.05) is 54.2 Å². The van der Waals surface area contributed by atoms with E-state index < -0.39 is 0 Å². The number of aromatic nitrogens is 2. The minimum Gasteiger partial charge on any atom is -0.307 e. The Balaban J connectivity index is 1.63. The second-order valence-electron chi connectivity index (χ2n) is 12.1. The molecule has 3 aromatic rings. The number of rotatable bonds is 4. The minimum absolute atomic E-state index is 0.0269. The lowest BCUT2D eigenvalue weighted by Gasteiger charge is -2.45. The molecular weight excluding hydrogens is 496 g/mol. The van der Waals surface area contributed by atoms with Crippen molar-refractivity contribution >= 4 is 22.8 Å². The molecule has 2 aliphatic heterocycles. The number of nitrogens with one attached hydrogen (secondary N) is 1. The van der Waals surface area contributed by atoms with Gasteiger partial charge in [-0.05, 0) is 102 Å². The summed E-state index contributed by atoms with van der Waals surface area (Å²) in [7, 11) is 0. The molecule has 3 aliphatic rings. The standard InChI is InChI=1S/C34H36N4S/c1-23-16-17-30-27(18-23)36-28-20-32(39-26-14-10-7-11-15-26)29(19-31(28)38(30)25-12-8-6-9-13-25)35-24-21-33(2,3)37-34(4,5)22-24/h6-20,24,37H,21-22H2,1-5H3. The van der Waals surface area contributed by atoms with Crippen molar-refractivity contribution < 1.29 is 0 Å². The zero-order valence-corrected chi connectivity index (χ0v) is 24.2. The van der Waals surface area contributed by atoms with Gasteiger partial charge in [-0.2, -0.15) is 0 Å². The van der Waals surface area contributed by atoms with E-state index in [4.69, 9.17) is 9.98 Å². The molecule has 5 heteroatoms. The highest BCUT2D eigenvalue weighted by atomic mass is 32.2. The van der Waals surface area contributed by atoms with E-state index in [0.717, 1.165) is 51.2 Å². The van der Waals surface area contributed by atoms with E-state index >= 15 is 0 Å². The molecule has 1 aliphatic carbocycles. The zero-order valence-electron chi connectivity index (χ0n) is 23.4. The van der Waals surface area contributed by atoms with Crippen LogP contribution in [0.5, 0.6) is 0 Å². The van der Waals surface area contributed by atoms with Crippen molar-refractivity contribution in [3.05, 3.63) is 102 Å². The van der Waals surface area contributed by atoms with Crippen molar-refractivity contribution in [1.29, 1.82) is 0 Å². The first-order chi connectivity index (χ1) is 18.7. The van der Waals surface area contributed by atoms with E-state index in [9.17, 15) is 0 Å². The second kappa shape index (κ2) is 9.96. The third-order valence-corrected chi connectivity index (χ3v) is 8.44. The molecule has 2 heterocycles. The Bertz CT molecular complexity index is 1650. The van der Waals surface area contributed by atoms with E-state index in [0.29, 0.717) is 0 Å². The third-order valence-electron chi connectivity index (χ3n) is 7.39. The van der Waals surface area contributed by atoms with Crippen molar-refractivity contribution in [2.75, 3.05) is 0 Å². The molecule has 1 saturated heterocycles. The van der Waals surface area contributed by atoms with Crippen LogP contribution in [-0.4, -0.2) is 26.7 Å². The molecule has 0 bridgehead atoms. The van der Waals surface area contributed by atoms with Gasteiger partial charge >= 0.3 is 0 Å². The zero-order chi connectivity index (χ0) is 27.2. The highest BCUT2D eigenvalue weighted by molar-refractivity contribution is 7.99. The maximum Gasteiger partial charge on any atom is 0.0891 e. The smallest absolute Gasteiger partial charge is 0.0891 e. The molecule has 4 nitrogen and oxygen atoms in total. The third kappa shape index (κ3) is 5.52. The number of hydrogen-bond acceptors (Lipinski definition) is 4. The average molecular weight is 533 g/mol. The number of nitrogens with zero attached hydrogens (tertiary/aromatic N) is 3. The maximum absolute atomic E-state index is 5.48. The van der Waals surface area contributed by atoms with Gasteiger partial charge in [0.15, 0.2) is 0 Å². The summed E-state index contributed by atoms with van der Waals surface area (Å²) in [5.41, 5.74) is 6.51. The Morgan fingerprint density at radius 2 is 1.51 bits per heavy atom. The van der Waals surface area contributed by atoms with Crippen molar-refractivity contribution in [2.45, 2.75) is 74.4 Å². The quantitative estimate of drug-likeness (QED) is 0.240. The number of benzene rings is 4. The van der Waals surface area contributed by atoms with Gasteiger partial charge in [0.2, 0.25) is 0 Å². The summed E-state index contributed by atoms with van der Waals surface area (Å²) in [4.78, 5) is 13.0. The summed E-state index contributed by atoms with van der Waals surface area (Å²) < 4.78 is 2.34. The van der Waals surface area contributed by atoms with Gasteiger partial charge in [0.25, 0.3) is 0 Å². The summed E-state index contributed by atoms with van der Waals surface area (Å²) in [5, 5.41) is 4.84.